The lowest BCUT2D eigenvalue weighted by Gasteiger charge is -2.33. The Hall–Kier alpha value is -3.07. The van der Waals surface area contributed by atoms with Gasteiger partial charge in [0, 0.05) is 23.8 Å². The van der Waals surface area contributed by atoms with Gasteiger partial charge in [-0.1, -0.05) is 48.1 Å². The van der Waals surface area contributed by atoms with E-state index in [9.17, 15) is 5.11 Å². The number of aromatic nitrogens is 1. The zero-order valence-corrected chi connectivity index (χ0v) is 15.1. The number of phenolic OH excluding ortho intramolecular Hbond substituents is 1. The van der Waals surface area contributed by atoms with Crippen molar-refractivity contribution in [3.8, 4) is 5.75 Å². The SMILES string of the molecule is CCN1c2ccc(C)cc2C=CC1/C=C/c1ccc(O)c2ncccc12. The molecule has 1 aliphatic heterocycles. The van der Waals surface area contributed by atoms with Gasteiger partial charge in [-0.2, -0.15) is 0 Å². The largest absolute Gasteiger partial charge is 0.506 e. The predicted octanol–water partition coefficient (Wildman–Crippen LogP) is 5.18. The number of aromatic hydroxyl groups is 1. The number of hydrogen-bond donors (Lipinski definition) is 1. The van der Waals surface area contributed by atoms with Crippen LogP contribution in [0.15, 0.2) is 60.8 Å². The Morgan fingerprint density at radius 2 is 2.08 bits per heavy atom. The van der Waals surface area contributed by atoms with E-state index in [4.69, 9.17) is 0 Å². The number of phenols is 1. The summed E-state index contributed by atoms with van der Waals surface area (Å²) >= 11 is 0. The maximum atomic E-state index is 10.0. The number of hydrogen-bond acceptors (Lipinski definition) is 3. The predicted molar refractivity (Wildman–Crippen MR) is 109 cm³/mol. The Balaban J connectivity index is 1.70. The molecule has 1 atom stereocenters. The minimum atomic E-state index is 0.204. The normalized spacial score (nSPS) is 16.4. The molecule has 2 heterocycles. The van der Waals surface area contributed by atoms with E-state index in [-0.39, 0.29) is 11.8 Å². The van der Waals surface area contributed by atoms with Gasteiger partial charge in [-0.25, -0.2) is 0 Å². The summed E-state index contributed by atoms with van der Waals surface area (Å²) < 4.78 is 0. The molecule has 0 saturated carbocycles. The minimum Gasteiger partial charge on any atom is -0.506 e. The lowest BCUT2D eigenvalue weighted by molar-refractivity contribution is 0.480. The van der Waals surface area contributed by atoms with E-state index < -0.39 is 0 Å². The molecule has 3 heteroatoms. The summed E-state index contributed by atoms with van der Waals surface area (Å²) in [5, 5.41) is 11.0. The Kier molecular flexibility index (Phi) is 4.21. The second-order valence-corrected chi connectivity index (χ2v) is 6.63. The second-order valence-electron chi connectivity index (χ2n) is 6.63. The summed E-state index contributed by atoms with van der Waals surface area (Å²) in [5.74, 6) is 0.217. The van der Waals surface area contributed by atoms with E-state index in [1.54, 1.807) is 12.3 Å². The number of benzene rings is 2. The zero-order valence-electron chi connectivity index (χ0n) is 15.1. The summed E-state index contributed by atoms with van der Waals surface area (Å²) in [4.78, 5) is 6.69. The van der Waals surface area contributed by atoms with Crippen molar-refractivity contribution in [3.05, 3.63) is 77.5 Å². The standard InChI is InChI=1S/C23H22N2O/c1-3-25-19(11-8-18-15-16(2)6-12-21(18)25)10-7-17-9-13-22(26)23-20(17)5-4-14-24-23/h4-15,19,26H,3H2,1-2H3/b10-7+. The van der Waals surface area contributed by atoms with Crippen LogP contribution in [0.3, 0.4) is 0 Å². The Labute approximate surface area is 153 Å². The third-order valence-corrected chi connectivity index (χ3v) is 4.92. The van der Waals surface area contributed by atoms with Crippen LogP contribution in [-0.2, 0) is 0 Å². The fourth-order valence-electron chi connectivity index (χ4n) is 3.61. The summed E-state index contributed by atoms with van der Waals surface area (Å²) in [7, 11) is 0. The van der Waals surface area contributed by atoms with Crippen LogP contribution in [-0.4, -0.2) is 22.7 Å². The molecule has 2 aromatic carbocycles. The highest BCUT2D eigenvalue weighted by Crippen LogP contribution is 2.31. The Morgan fingerprint density at radius 1 is 1.19 bits per heavy atom. The van der Waals surface area contributed by atoms with E-state index in [0.717, 1.165) is 17.5 Å². The second kappa shape index (κ2) is 6.68. The molecule has 4 rings (SSSR count). The van der Waals surface area contributed by atoms with Gasteiger partial charge in [-0.3, -0.25) is 4.98 Å². The van der Waals surface area contributed by atoms with E-state index in [0.29, 0.717) is 5.52 Å². The van der Waals surface area contributed by atoms with Gasteiger partial charge in [0.1, 0.15) is 11.3 Å². The summed E-state index contributed by atoms with van der Waals surface area (Å²) in [6, 6.07) is 14.4. The molecule has 0 bridgehead atoms. The number of fused-ring (bicyclic) bond motifs is 2. The molecule has 1 unspecified atom stereocenters. The first-order valence-corrected chi connectivity index (χ1v) is 8.98. The highest BCUT2D eigenvalue weighted by molar-refractivity contribution is 5.92. The lowest BCUT2D eigenvalue weighted by atomic mass is 9.99. The van der Waals surface area contributed by atoms with Crippen molar-refractivity contribution in [2.75, 3.05) is 11.4 Å². The zero-order chi connectivity index (χ0) is 18.1. The molecule has 1 aliphatic rings. The van der Waals surface area contributed by atoms with Crippen molar-refractivity contribution in [1.82, 2.24) is 4.98 Å². The number of anilines is 1. The van der Waals surface area contributed by atoms with E-state index in [1.165, 1.54) is 16.8 Å². The van der Waals surface area contributed by atoms with Gasteiger partial charge in [-0.15, -0.1) is 0 Å². The van der Waals surface area contributed by atoms with Crippen LogP contribution in [0.2, 0.25) is 0 Å². The maximum absolute atomic E-state index is 10.0. The average molecular weight is 342 g/mol. The molecular weight excluding hydrogens is 320 g/mol. The van der Waals surface area contributed by atoms with Crippen molar-refractivity contribution < 1.29 is 5.11 Å². The third-order valence-electron chi connectivity index (χ3n) is 4.92. The van der Waals surface area contributed by atoms with Crippen LogP contribution in [0.4, 0.5) is 5.69 Å². The molecule has 0 saturated heterocycles. The summed E-state index contributed by atoms with van der Waals surface area (Å²) in [6.07, 6.45) is 10.5. The fourth-order valence-corrected chi connectivity index (χ4v) is 3.61. The van der Waals surface area contributed by atoms with Gasteiger partial charge in [0.2, 0.25) is 0 Å². The van der Waals surface area contributed by atoms with Crippen LogP contribution in [0.25, 0.3) is 23.1 Å². The Morgan fingerprint density at radius 3 is 2.92 bits per heavy atom. The van der Waals surface area contributed by atoms with Crippen LogP contribution < -0.4 is 4.90 Å². The van der Waals surface area contributed by atoms with Gasteiger partial charge in [0.25, 0.3) is 0 Å². The minimum absolute atomic E-state index is 0.204. The smallest absolute Gasteiger partial charge is 0.141 e. The highest BCUT2D eigenvalue weighted by atomic mass is 16.3. The molecule has 0 fully saturated rings. The van der Waals surface area contributed by atoms with Gasteiger partial charge in [0.05, 0.1) is 6.04 Å². The first-order chi connectivity index (χ1) is 12.7. The fraction of sp³-hybridized carbons (Fsp3) is 0.174. The maximum Gasteiger partial charge on any atom is 0.141 e. The molecular formula is C23H22N2O. The molecule has 3 aromatic rings. The number of aryl methyl sites for hydroxylation is 1. The number of rotatable bonds is 3. The molecule has 26 heavy (non-hydrogen) atoms. The number of likely N-dealkylation sites (N-methyl/N-ethyl adjacent to an activating group) is 1. The molecule has 0 aliphatic carbocycles. The number of nitrogens with zero attached hydrogens (tertiary/aromatic N) is 2. The van der Waals surface area contributed by atoms with Gasteiger partial charge < -0.3 is 10.0 Å². The van der Waals surface area contributed by atoms with Crippen LogP contribution >= 0.6 is 0 Å². The van der Waals surface area contributed by atoms with Crippen molar-refractivity contribution in [3.63, 3.8) is 0 Å². The first kappa shape index (κ1) is 16.4. The number of pyridine rings is 1. The van der Waals surface area contributed by atoms with Crippen molar-refractivity contribution in [2.24, 2.45) is 0 Å². The average Bonchev–Trinajstić information content (AvgIpc) is 2.67. The van der Waals surface area contributed by atoms with Crippen LogP contribution in [0.5, 0.6) is 5.75 Å². The Bertz CT molecular complexity index is 1020. The molecule has 3 nitrogen and oxygen atoms in total. The van der Waals surface area contributed by atoms with Crippen molar-refractivity contribution >= 4 is 28.7 Å². The molecule has 0 amide bonds. The molecule has 1 N–H and O–H groups in total. The van der Waals surface area contributed by atoms with Crippen molar-refractivity contribution in [2.45, 2.75) is 19.9 Å². The molecule has 0 radical (unpaired) electrons. The first-order valence-electron chi connectivity index (χ1n) is 8.98. The topological polar surface area (TPSA) is 36.4 Å². The molecule has 130 valence electrons. The van der Waals surface area contributed by atoms with E-state index >= 15 is 0 Å². The van der Waals surface area contributed by atoms with E-state index in [2.05, 4.69) is 66.2 Å². The van der Waals surface area contributed by atoms with Crippen LogP contribution in [0.1, 0.15) is 23.6 Å². The van der Waals surface area contributed by atoms with E-state index in [1.807, 2.05) is 18.2 Å². The van der Waals surface area contributed by atoms with Crippen molar-refractivity contribution in [1.29, 1.82) is 0 Å². The third kappa shape index (κ3) is 2.86. The van der Waals surface area contributed by atoms with Gasteiger partial charge in [-0.05, 0) is 49.2 Å². The van der Waals surface area contributed by atoms with Crippen LogP contribution in [0, 0.1) is 6.92 Å². The molecule has 0 spiro atoms. The summed E-state index contributed by atoms with van der Waals surface area (Å²) in [5.41, 5.74) is 5.52. The van der Waals surface area contributed by atoms with Gasteiger partial charge in [0.15, 0.2) is 0 Å². The summed E-state index contributed by atoms with van der Waals surface area (Å²) in [6.45, 7) is 5.25. The monoisotopic (exact) mass is 342 g/mol. The molecule has 1 aromatic heterocycles. The van der Waals surface area contributed by atoms with Gasteiger partial charge >= 0.3 is 0 Å². The highest BCUT2D eigenvalue weighted by Gasteiger charge is 2.19. The lowest BCUT2D eigenvalue weighted by Crippen LogP contribution is -2.34. The quantitative estimate of drug-likeness (QED) is 0.712.